The van der Waals surface area contributed by atoms with Crippen LogP contribution in [0.1, 0.15) is 72.3 Å². The van der Waals surface area contributed by atoms with E-state index in [1.807, 2.05) is 37.5 Å². The average molecular weight is 422 g/mol. The number of hydrogen-bond acceptors (Lipinski definition) is 5. The number of rotatable bonds is 5. The van der Waals surface area contributed by atoms with E-state index >= 15 is 0 Å². The lowest BCUT2D eigenvalue weighted by Gasteiger charge is -2.33. The minimum Gasteiger partial charge on any atom is -0.399 e. The predicted molar refractivity (Wildman–Crippen MR) is 124 cm³/mol. The Hall–Kier alpha value is -1.76. The maximum atomic E-state index is 10.1. The summed E-state index contributed by atoms with van der Waals surface area (Å²) in [6.45, 7) is 10.2. The Labute approximate surface area is 186 Å². The molecule has 1 aliphatic carbocycles. The summed E-state index contributed by atoms with van der Waals surface area (Å²) >= 11 is 0. The van der Waals surface area contributed by atoms with E-state index in [2.05, 4.69) is 43.7 Å². The van der Waals surface area contributed by atoms with Crippen molar-refractivity contribution in [1.82, 2.24) is 9.97 Å². The van der Waals surface area contributed by atoms with Gasteiger partial charge in [-0.2, -0.15) is 0 Å². The van der Waals surface area contributed by atoms with Crippen LogP contribution >= 0.6 is 0 Å². The van der Waals surface area contributed by atoms with Crippen LogP contribution in [0.5, 0.6) is 0 Å². The fourth-order valence-corrected chi connectivity index (χ4v) is 4.40. The SMILES string of the molecule is CC1(O)CCC(CCc2cnc(-c3cccc(B4OC(C)(C)C(C)(C)O4)c3)nc2)CC1. The Kier molecular flexibility index (Phi) is 6.01. The molecule has 0 unspecified atom stereocenters. The van der Waals surface area contributed by atoms with E-state index in [4.69, 9.17) is 9.31 Å². The quantitative estimate of drug-likeness (QED) is 0.728. The highest BCUT2D eigenvalue weighted by atomic mass is 16.7. The highest BCUT2D eigenvalue weighted by Crippen LogP contribution is 2.37. The van der Waals surface area contributed by atoms with Crippen molar-refractivity contribution >= 4 is 12.6 Å². The van der Waals surface area contributed by atoms with Gasteiger partial charge in [0.2, 0.25) is 0 Å². The minimum atomic E-state index is -0.462. The first-order valence-electron chi connectivity index (χ1n) is 11.5. The number of aryl methyl sites for hydroxylation is 1. The van der Waals surface area contributed by atoms with Crippen molar-refractivity contribution in [1.29, 1.82) is 0 Å². The van der Waals surface area contributed by atoms with Crippen LogP contribution in [-0.2, 0) is 15.7 Å². The first kappa shape index (κ1) is 22.4. The van der Waals surface area contributed by atoms with Gasteiger partial charge >= 0.3 is 7.12 Å². The molecule has 0 amide bonds. The number of benzene rings is 1. The van der Waals surface area contributed by atoms with Crippen molar-refractivity contribution in [2.75, 3.05) is 0 Å². The molecule has 1 aromatic heterocycles. The molecule has 4 rings (SSSR count). The van der Waals surface area contributed by atoms with Crippen LogP contribution in [0, 0.1) is 5.92 Å². The topological polar surface area (TPSA) is 64.5 Å². The Morgan fingerprint density at radius 2 is 1.61 bits per heavy atom. The van der Waals surface area contributed by atoms with Gasteiger partial charge in [0.25, 0.3) is 0 Å². The van der Waals surface area contributed by atoms with Gasteiger partial charge in [0.1, 0.15) is 0 Å². The fourth-order valence-electron chi connectivity index (χ4n) is 4.40. The van der Waals surface area contributed by atoms with Crippen molar-refractivity contribution < 1.29 is 14.4 Å². The molecule has 0 atom stereocenters. The number of hydrogen-bond donors (Lipinski definition) is 1. The summed E-state index contributed by atoms with van der Waals surface area (Å²) < 4.78 is 12.4. The zero-order valence-electron chi connectivity index (χ0n) is 19.5. The van der Waals surface area contributed by atoms with Gasteiger partial charge in [0, 0.05) is 18.0 Å². The van der Waals surface area contributed by atoms with Crippen LogP contribution in [-0.4, -0.2) is 39.0 Å². The second-order valence-electron chi connectivity index (χ2n) is 10.6. The van der Waals surface area contributed by atoms with E-state index in [0.717, 1.165) is 55.4 Å². The Morgan fingerprint density at radius 3 is 2.23 bits per heavy atom. The molecule has 1 saturated carbocycles. The number of aliphatic hydroxyl groups is 1. The molecule has 0 radical (unpaired) electrons. The van der Waals surface area contributed by atoms with Gasteiger partial charge in [-0.15, -0.1) is 0 Å². The number of aromatic nitrogens is 2. The first-order chi connectivity index (χ1) is 14.5. The van der Waals surface area contributed by atoms with Gasteiger partial charge in [0.15, 0.2) is 5.82 Å². The van der Waals surface area contributed by atoms with Gasteiger partial charge in [-0.1, -0.05) is 24.3 Å². The molecule has 1 saturated heterocycles. The molecule has 2 aliphatic rings. The van der Waals surface area contributed by atoms with E-state index in [1.165, 1.54) is 5.56 Å². The van der Waals surface area contributed by atoms with Crippen LogP contribution in [0.4, 0.5) is 0 Å². The normalized spacial score (nSPS) is 27.4. The van der Waals surface area contributed by atoms with Crippen molar-refractivity contribution in [2.24, 2.45) is 5.92 Å². The van der Waals surface area contributed by atoms with Gasteiger partial charge in [0.05, 0.1) is 16.8 Å². The molecule has 1 N–H and O–H groups in total. The van der Waals surface area contributed by atoms with Crippen LogP contribution in [0.25, 0.3) is 11.4 Å². The monoisotopic (exact) mass is 422 g/mol. The molecule has 2 heterocycles. The third-order valence-corrected chi connectivity index (χ3v) is 7.40. The first-order valence-corrected chi connectivity index (χ1v) is 11.5. The number of nitrogens with zero attached hydrogens (tertiary/aromatic N) is 2. The molecule has 2 fully saturated rings. The van der Waals surface area contributed by atoms with E-state index in [0.29, 0.717) is 5.92 Å². The summed E-state index contributed by atoms with van der Waals surface area (Å²) in [6.07, 6.45) is 10.1. The van der Waals surface area contributed by atoms with Gasteiger partial charge in [-0.3, -0.25) is 0 Å². The van der Waals surface area contributed by atoms with Crippen molar-refractivity contribution in [3.8, 4) is 11.4 Å². The molecular formula is C25H35BN2O3. The lowest BCUT2D eigenvalue weighted by atomic mass is 9.78. The molecule has 0 spiro atoms. The molecule has 0 bridgehead atoms. The highest BCUT2D eigenvalue weighted by molar-refractivity contribution is 6.62. The summed E-state index contributed by atoms with van der Waals surface area (Å²) in [7, 11) is -0.388. The van der Waals surface area contributed by atoms with E-state index in [9.17, 15) is 5.11 Å². The van der Waals surface area contributed by atoms with Crippen LogP contribution < -0.4 is 5.46 Å². The minimum absolute atomic E-state index is 0.361. The summed E-state index contributed by atoms with van der Waals surface area (Å²) in [5, 5.41) is 10.1. The fraction of sp³-hybridized carbons (Fsp3) is 0.600. The van der Waals surface area contributed by atoms with Crippen molar-refractivity contribution in [2.45, 2.75) is 89.9 Å². The molecule has 6 heteroatoms. The van der Waals surface area contributed by atoms with Crippen LogP contribution in [0.3, 0.4) is 0 Å². The average Bonchev–Trinajstić information content (AvgIpc) is 2.95. The van der Waals surface area contributed by atoms with Crippen molar-refractivity contribution in [3.05, 3.63) is 42.2 Å². The Morgan fingerprint density at radius 1 is 1.00 bits per heavy atom. The van der Waals surface area contributed by atoms with Gasteiger partial charge in [-0.25, -0.2) is 9.97 Å². The molecule has 1 aromatic carbocycles. The van der Waals surface area contributed by atoms with E-state index in [1.54, 1.807) is 0 Å². The maximum Gasteiger partial charge on any atom is 0.494 e. The smallest absolute Gasteiger partial charge is 0.399 e. The zero-order chi connectivity index (χ0) is 22.3. The zero-order valence-corrected chi connectivity index (χ0v) is 19.5. The van der Waals surface area contributed by atoms with Gasteiger partial charge in [-0.05, 0) is 90.1 Å². The van der Waals surface area contributed by atoms with Crippen molar-refractivity contribution in [3.63, 3.8) is 0 Å². The molecular weight excluding hydrogens is 387 g/mol. The summed E-state index contributed by atoms with van der Waals surface area (Å²) in [5.74, 6) is 1.41. The molecule has 2 aromatic rings. The van der Waals surface area contributed by atoms with Gasteiger partial charge < -0.3 is 14.4 Å². The molecule has 31 heavy (non-hydrogen) atoms. The predicted octanol–water partition coefficient (Wildman–Crippen LogP) is 4.32. The maximum absolute atomic E-state index is 10.1. The van der Waals surface area contributed by atoms with E-state index in [-0.39, 0.29) is 18.3 Å². The molecule has 5 nitrogen and oxygen atoms in total. The molecule has 1 aliphatic heterocycles. The van der Waals surface area contributed by atoms with E-state index < -0.39 is 5.60 Å². The second-order valence-corrected chi connectivity index (χ2v) is 10.6. The third-order valence-electron chi connectivity index (χ3n) is 7.40. The highest BCUT2D eigenvalue weighted by Gasteiger charge is 2.51. The van der Waals surface area contributed by atoms with Crippen LogP contribution in [0.15, 0.2) is 36.7 Å². The Balaban J connectivity index is 1.39. The standard InChI is InChI=1S/C25H35BN2O3/c1-23(2)24(3,4)31-26(30-23)21-8-6-7-20(15-21)22-27-16-19(17-28-22)10-9-18-11-13-25(5,29)14-12-18/h6-8,15-18,29H,9-14H2,1-5H3. The summed E-state index contributed by atoms with van der Waals surface area (Å²) in [6, 6.07) is 8.12. The summed E-state index contributed by atoms with van der Waals surface area (Å²) in [5.41, 5.74) is 1.93. The summed E-state index contributed by atoms with van der Waals surface area (Å²) in [4.78, 5) is 9.26. The molecule has 166 valence electrons. The largest absolute Gasteiger partial charge is 0.494 e. The lowest BCUT2D eigenvalue weighted by molar-refractivity contribution is 0.00578. The Bertz CT molecular complexity index is 885. The third kappa shape index (κ3) is 5.02. The second kappa shape index (κ2) is 8.30. The van der Waals surface area contributed by atoms with Crippen LogP contribution in [0.2, 0.25) is 0 Å². The lowest BCUT2D eigenvalue weighted by Crippen LogP contribution is -2.41.